The maximum atomic E-state index is 5.30. The Hall–Kier alpha value is -1.55. The zero-order valence-corrected chi connectivity index (χ0v) is 7.16. The third kappa shape index (κ3) is 1.62. The van der Waals surface area contributed by atoms with E-state index in [1.165, 1.54) is 0 Å². The largest absolute Gasteiger partial charge is 0.463 e. The molecule has 0 bridgehead atoms. The Morgan fingerprint density at radius 2 is 2.23 bits per heavy atom. The first kappa shape index (κ1) is 8.07. The molecule has 0 aliphatic carbocycles. The fraction of sp³-hybridized carbons (Fsp3) is 0.222. The first-order chi connectivity index (χ1) is 6.40. The monoisotopic (exact) mass is 177 g/mol. The second-order valence-electron chi connectivity index (χ2n) is 2.70. The van der Waals surface area contributed by atoms with Crippen molar-refractivity contribution in [3.63, 3.8) is 0 Å². The molecule has 4 nitrogen and oxygen atoms in total. The minimum Gasteiger partial charge on any atom is -0.463 e. The number of aromatic nitrogens is 2. The molecule has 0 amide bonds. The lowest BCUT2D eigenvalue weighted by Gasteiger charge is -1.96. The van der Waals surface area contributed by atoms with Crippen molar-refractivity contribution in [1.29, 1.82) is 0 Å². The van der Waals surface area contributed by atoms with Gasteiger partial charge in [-0.15, -0.1) is 0 Å². The van der Waals surface area contributed by atoms with Crippen LogP contribution in [0.15, 0.2) is 24.3 Å². The second-order valence-corrected chi connectivity index (χ2v) is 2.70. The summed E-state index contributed by atoms with van der Waals surface area (Å²) in [6.45, 7) is 0.983. The summed E-state index contributed by atoms with van der Waals surface area (Å²) in [5, 5.41) is 0. The van der Waals surface area contributed by atoms with Gasteiger partial charge in [0.05, 0.1) is 11.0 Å². The molecule has 0 aliphatic rings. The van der Waals surface area contributed by atoms with Gasteiger partial charge in [0.25, 0.3) is 6.01 Å². The van der Waals surface area contributed by atoms with Crippen LogP contribution in [0.25, 0.3) is 11.0 Å². The number of hydrogen-bond acceptors (Lipinski definition) is 3. The van der Waals surface area contributed by atoms with E-state index in [9.17, 15) is 0 Å². The lowest BCUT2D eigenvalue weighted by molar-refractivity contribution is 0.306. The summed E-state index contributed by atoms with van der Waals surface area (Å²) in [5.74, 6) is 0. The smallest absolute Gasteiger partial charge is 0.294 e. The number of rotatable bonds is 3. The lowest BCUT2D eigenvalue weighted by atomic mass is 10.3. The third-order valence-corrected chi connectivity index (χ3v) is 1.72. The van der Waals surface area contributed by atoms with E-state index in [1.54, 1.807) is 0 Å². The van der Waals surface area contributed by atoms with Crippen LogP contribution in [0, 0.1) is 0 Å². The van der Waals surface area contributed by atoms with Gasteiger partial charge < -0.3 is 15.5 Å². The second kappa shape index (κ2) is 3.45. The summed E-state index contributed by atoms with van der Waals surface area (Å²) in [7, 11) is 0. The van der Waals surface area contributed by atoms with Crippen molar-refractivity contribution in [1.82, 2.24) is 9.97 Å². The fourth-order valence-corrected chi connectivity index (χ4v) is 1.15. The Labute approximate surface area is 75.7 Å². The molecule has 0 radical (unpaired) electrons. The van der Waals surface area contributed by atoms with Crippen LogP contribution in [0.4, 0.5) is 0 Å². The molecule has 68 valence electrons. The number of nitrogens with one attached hydrogen (secondary N) is 1. The van der Waals surface area contributed by atoms with E-state index in [-0.39, 0.29) is 0 Å². The first-order valence-corrected chi connectivity index (χ1v) is 4.18. The Morgan fingerprint density at radius 3 is 3.00 bits per heavy atom. The molecule has 0 spiro atoms. The van der Waals surface area contributed by atoms with Gasteiger partial charge in [0.1, 0.15) is 6.61 Å². The molecule has 0 aliphatic heterocycles. The SMILES string of the molecule is NCCOc1nc2ccccc2[nH]1. The molecule has 2 aromatic rings. The predicted molar refractivity (Wildman–Crippen MR) is 50.6 cm³/mol. The first-order valence-electron chi connectivity index (χ1n) is 4.18. The number of para-hydroxylation sites is 2. The highest BCUT2D eigenvalue weighted by molar-refractivity contribution is 5.75. The van der Waals surface area contributed by atoms with Crippen LogP contribution < -0.4 is 10.5 Å². The van der Waals surface area contributed by atoms with Gasteiger partial charge in [-0.05, 0) is 12.1 Å². The zero-order valence-electron chi connectivity index (χ0n) is 7.16. The molecule has 2 rings (SSSR count). The maximum Gasteiger partial charge on any atom is 0.294 e. The summed E-state index contributed by atoms with van der Waals surface area (Å²) in [6, 6.07) is 8.31. The van der Waals surface area contributed by atoms with Gasteiger partial charge in [-0.3, -0.25) is 0 Å². The van der Waals surface area contributed by atoms with Gasteiger partial charge in [-0.2, -0.15) is 4.98 Å². The Kier molecular flexibility index (Phi) is 2.14. The number of benzene rings is 1. The van der Waals surface area contributed by atoms with Crippen molar-refractivity contribution in [2.45, 2.75) is 0 Å². The van der Waals surface area contributed by atoms with Crippen molar-refractivity contribution in [3.05, 3.63) is 24.3 Å². The summed E-state index contributed by atoms with van der Waals surface area (Å²) in [6.07, 6.45) is 0. The molecule has 4 heteroatoms. The van der Waals surface area contributed by atoms with Crippen LogP contribution in [-0.2, 0) is 0 Å². The molecule has 3 N–H and O–H groups in total. The zero-order chi connectivity index (χ0) is 9.10. The van der Waals surface area contributed by atoms with Crippen LogP contribution in [0.3, 0.4) is 0 Å². The molecular weight excluding hydrogens is 166 g/mol. The molecule has 1 aromatic carbocycles. The molecule has 1 heterocycles. The minimum absolute atomic E-state index is 0.486. The summed E-state index contributed by atoms with van der Waals surface area (Å²) in [5.41, 5.74) is 7.20. The number of fused-ring (bicyclic) bond motifs is 1. The van der Waals surface area contributed by atoms with Gasteiger partial charge in [-0.1, -0.05) is 12.1 Å². The molecule has 0 atom stereocenters. The molecule has 0 saturated heterocycles. The molecule has 1 aromatic heterocycles. The number of aromatic amines is 1. The van der Waals surface area contributed by atoms with Crippen molar-refractivity contribution in [2.75, 3.05) is 13.2 Å². The standard InChI is InChI=1S/C9H11N3O/c10-5-6-13-9-11-7-3-1-2-4-8(7)12-9/h1-4H,5-6,10H2,(H,11,12). The van der Waals surface area contributed by atoms with Crippen LogP contribution in [0.1, 0.15) is 0 Å². The minimum atomic E-state index is 0.486. The van der Waals surface area contributed by atoms with Crippen molar-refractivity contribution >= 4 is 11.0 Å². The number of hydrogen-bond donors (Lipinski definition) is 2. The third-order valence-electron chi connectivity index (χ3n) is 1.72. The van der Waals surface area contributed by atoms with E-state index in [1.807, 2.05) is 24.3 Å². The van der Waals surface area contributed by atoms with Crippen LogP contribution in [0.5, 0.6) is 6.01 Å². The predicted octanol–water partition coefficient (Wildman–Crippen LogP) is 0.900. The fourth-order valence-electron chi connectivity index (χ4n) is 1.15. The highest BCUT2D eigenvalue weighted by atomic mass is 16.5. The van der Waals surface area contributed by atoms with Crippen molar-refractivity contribution < 1.29 is 4.74 Å². The molecule has 0 unspecified atom stereocenters. The number of H-pyrrole nitrogens is 1. The highest BCUT2D eigenvalue weighted by Gasteiger charge is 2.00. The molecule has 0 fully saturated rings. The molecule has 0 saturated carbocycles. The Bertz CT molecular complexity index is 363. The quantitative estimate of drug-likeness (QED) is 0.732. The summed E-state index contributed by atoms with van der Waals surface area (Å²) in [4.78, 5) is 7.26. The van der Waals surface area contributed by atoms with Crippen LogP contribution in [-0.4, -0.2) is 23.1 Å². The van der Waals surface area contributed by atoms with E-state index in [2.05, 4.69) is 9.97 Å². The van der Waals surface area contributed by atoms with Crippen molar-refractivity contribution in [3.8, 4) is 6.01 Å². The van der Waals surface area contributed by atoms with Gasteiger partial charge in [-0.25, -0.2) is 0 Å². The average molecular weight is 177 g/mol. The van der Waals surface area contributed by atoms with E-state index in [0.717, 1.165) is 11.0 Å². The number of imidazole rings is 1. The normalized spacial score (nSPS) is 10.5. The van der Waals surface area contributed by atoms with Gasteiger partial charge >= 0.3 is 0 Å². The van der Waals surface area contributed by atoms with E-state index < -0.39 is 0 Å². The van der Waals surface area contributed by atoms with E-state index >= 15 is 0 Å². The number of nitrogens with zero attached hydrogens (tertiary/aromatic N) is 1. The number of nitrogens with two attached hydrogens (primary N) is 1. The molecular formula is C9H11N3O. The van der Waals surface area contributed by atoms with Gasteiger partial charge in [0.15, 0.2) is 0 Å². The van der Waals surface area contributed by atoms with E-state index in [0.29, 0.717) is 19.2 Å². The lowest BCUT2D eigenvalue weighted by Crippen LogP contribution is -2.11. The van der Waals surface area contributed by atoms with E-state index in [4.69, 9.17) is 10.5 Å². The van der Waals surface area contributed by atoms with Crippen molar-refractivity contribution in [2.24, 2.45) is 5.73 Å². The summed E-state index contributed by atoms with van der Waals surface area (Å²) < 4.78 is 5.25. The average Bonchev–Trinajstić information content (AvgIpc) is 2.57. The maximum absolute atomic E-state index is 5.30. The van der Waals surface area contributed by atoms with Gasteiger partial charge in [0.2, 0.25) is 0 Å². The summed E-state index contributed by atoms with van der Waals surface area (Å²) >= 11 is 0. The van der Waals surface area contributed by atoms with Crippen LogP contribution >= 0.6 is 0 Å². The number of ether oxygens (including phenoxy) is 1. The molecule has 13 heavy (non-hydrogen) atoms. The Morgan fingerprint density at radius 1 is 1.38 bits per heavy atom. The Balaban J connectivity index is 2.28. The van der Waals surface area contributed by atoms with Gasteiger partial charge in [0, 0.05) is 6.54 Å². The topological polar surface area (TPSA) is 63.9 Å². The highest BCUT2D eigenvalue weighted by Crippen LogP contribution is 2.14. The van der Waals surface area contributed by atoms with Crippen LogP contribution in [0.2, 0.25) is 0 Å².